The van der Waals surface area contributed by atoms with Crippen LogP contribution < -0.4 is 0 Å². The Bertz CT molecular complexity index is 279. The van der Waals surface area contributed by atoms with Crippen LogP contribution in [0.15, 0.2) is 18.2 Å². The van der Waals surface area contributed by atoms with Crippen LogP contribution in [0.25, 0.3) is 0 Å². The average Bonchev–Trinajstić information content (AvgIpc) is 2.01. The molecular weight excluding hydrogens is 202 g/mol. The van der Waals surface area contributed by atoms with Crippen molar-refractivity contribution in [3.63, 3.8) is 0 Å². The maximum absolute atomic E-state index is 12.8. The standard InChI is InChI=1S/C11H14F2S/c1-2-3-11(14)6-8-4-9(12)7-10(13)5-8/h4-5,7,11,14H,2-3,6H2,1H3. The summed E-state index contributed by atoms with van der Waals surface area (Å²) in [5.74, 6) is -1.03. The van der Waals surface area contributed by atoms with Crippen molar-refractivity contribution in [3.05, 3.63) is 35.4 Å². The second-order valence-corrected chi connectivity index (χ2v) is 4.15. The Hall–Kier alpha value is -0.570. The van der Waals surface area contributed by atoms with Gasteiger partial charge in [-0.15, -0.1) is 0 Å². The third kappa shape index (κ3) is 3.66. The zero-order valence-electron chi connectivity index (χ0n) is 8.13. The number of rotatable bonds is 4. The Morgan fingerprint density at radius 1 is 1.21 bits per heavy atom. The molecule has 0 heterocycles. The lowest BCUT2D eigenvalue weighted by Gasteiger charge is -2.09. The van der Waals surface area contributed by atoms with Crippen molar-refractivity contribution in [2.75, 3.05) is 0 Å². The van der Waals surface area contributed by atoms with E-state index in [9.17, 15) is 8.78 Å². The summed E-state index contributed by atoms with van der Waals surface area (Å²) in [6.45, 7) is 2.06. The van der Waals surface area contributed by atoms with Crippen LogP contribution >= 0.6 is 12.6 Å². The molecule has 0 aromatic heterocycles. The van der Waals surface area contributed by atoms with E-state index in [-0.39, 0.29) is 5.25 Å². The first-order valence-electron chi connectivity index (χ1n) is 4.75. The van der Waals surface area contributed by atoms with Gasteiger partial charge in [-0.25, -0.2) is 8.78 Å². The maximum Gasteiger partial charge on any atom is 0.126 e. The van der Waals surface area contributed by atoms with E-state index in [0.29, 0.717) is 12.0 Å². The minimum atomic E-state index is -0.517. The van der Waals surface area contributed by atoms with E-state index in [4.69, 9.17) is 0 Å². The summed E-state index contributed by atoms with van der Waals surface area (Å²) < 4.78 is 25.6. The first-order chi connectivity index (χ1) is 6.61. The number of thiol groups is 1. The molecule has 1 rings (SSSR count). The number of hydrogen-bond acceptors (Lipinski definition) is 1. The van der Waals surface area contributed by atoms with Crippen molar-refractivity contribution in [2.24, 2.45) is 0 Å². The maximum atomic E-state index is 12.8. The smallest absolute Gasteiger partial charge is 0.126 e. The van der Waals surface area contributed by atoms with Crippen molar-refractivity contribution in [1.29, 1.82) is 0 Å². The highest BCUT2D eigenvalue weighted by Crippen LogP contribution is 2.15. The number of halogens is 2. The lowest BCUT2D eigenvalue weighted by atomic mass is 10.1. The normalized spacial score (nSPS) is 12.9. The molecule has 0 aliphatic rings. The fourth-order valence-electron chi connectivity index (χ4n) is 1.44. The van der Waals surface area contributed by atoms with Gasteiger partial charge in [0, 0.05) is 11.3 Å². The molecule has 78 valence electrons. The summed E-state index contributed by atoms with van der Waals surface area (Å²) in [5, 5.41) is 0.182. The van der Waals surface area contributed by atoms with Gasteiger partial charge in [-0.3, -0.25) is 0 Å². The van der Waals surface area contributed by atoms with Crippen LogP contribution in [0.1, 0.15) is 25.3 Å². The van der Waals surface area contributed by atoms with Crippen LogP contribution in [0.3, 0.4) is 0 Å². The predicted octanol–water partition coefficient (Wildman–Crippen LogP) is 3.61. The summed E-state index contributed by atoms with van der Waals surface area (Å²) in [6.07, 6.45) is 2.61. The van der Waals surface area contributed by atoms with E-state index < -0.39 is 11.6 Å². The molecule has 0 N–H and O–H groups in total. The van der Waals surface area contributed by atoms with E-state index in [1.165, 1.54) is 12.1 Å². The molecule has 0 spiro atoms. The van der Waals surface area contributed by atoms with Crippen molar-refractivity contribution in [3.8, 4) is 0 Å². The van der Waals surface area contributed by atoms with E-state index in [1.54, 1.807) is 0 Å². The van der Waals surface area contributed by atoms with Crippen molar-refractivity contribution >= 4 is 12.6 Å². The second kappa shape index (κ2) is 5.35. The van der Waals surface area contributed by atoms with Crippen molar-refractivity contribution in [1.82, 2.24) is 0 Å². The van der Waals surface area contributed by atoms with Gasteiger partial charge in [0.2, 0.25) is 0 Å². The SMILES string of the molecule is CCCC(S)Cc1cc(F)cc(F)c1. The van der Waals surface area contributed by atoms with Crippen LogP contribution in [0.2, 0.25) is 0 Å². The van der Waals surface area contributed by atoms with E-state index in [2.05, 4.69) is 19.6 Å². The fourth-order valence-corrected chi connectivity index (χ4v) is 1.91. The largest absolute Gasteiger partial charge is 0.207 e. The zero-order valence-corrected chi connectivity index (χ0v) is 9.03. The molecule has 0 saturated heterocycles. The Morgan fingerprint density at radius 3 is 2.29 bits per heavy atom. The molecule has 0 saturated carbocycles. The zero-order chi connectivity index (χ0) is 10.6. The summed E-state index contributed by atoms with van der Waals surface area (Å²) in [6, 6.07) is 3.61. The molecule has 1 aromatic carbocycles. The van der Waals surface area contributed by atoms with E-state index >= 15 is 0 Å². The molecule has 0 nitrogen and oxygen atoms in total. The third-order valence-electron chi connectivity index (χ3n) is 2.02. The monoisotopic (exact) mass is 216 g/mol. The molecule has 14 heavy (non-hydrogen) atoms. The highest BCUT2D eigenvalue weighted by molar-refractivity contribution is 7.80. The molecule has 0 amide bonds. The molecular formula is C11H14F2S. The van der Waals surface area contributed by atoms with Crippen LogP contribution in [-0.4, -0.2) is 5.25 Å². The molecule has 3 heteroatoms. The van der Waals surface area contributed by atoms with Gasteiger partial charge in [-0.1, -0.05) is 13.3 Å². The van der Waals surface area contributed by atoms with Gasteiger partial charge < -0.3 is 0 Å². The summed E-state index contributed by atoms with van der Waals surface area (Å²) >= 11 is 4.35. The summed E-state index contributed by atoms with van der Waals surface area (Å²) in [4.78, 5) is 0. The number of hydrogen-bond donors (Lipinski definition) is 1. The Morgan fingerprint density at radius 2 is 1.79 bits per heavy atom. The highest BCUT2D eigenvalue weighted by atomic mass is 32.1. The van der Waals surface area contributed by atoms with Gasteiger partial charge >= 0.3 is 0 Å². The van der Waals surface area contributed by atoms with Crippen LogP contribution in [0.5, 0.6) is 0 Å². The quantitative estimate of drug-likeness (QED) is 0.730. The van der Waals surface area contributed by atoms with Gasteiger partial charge in [0.1, 0.15) is 11.6 Å². The first kappa shape index (κ1) is 11.5. The van der Waals surface area contributed by atoms with Crippen LogP contribution in [-0.2, 0) is 6.42 Å². The van der Waals surface area contributed by atoms with Gasteiger partial charge in [0.25, 0.3) is 0 Å². The molecule has 0 aliphatic heterocycles. The lowest BCUT2D eigenvalue weighted by Crippen LogP contribution is -2.03. The van der Waals surface area contributed by atoms with Gasteiger partial charge in [0.15, 0.2) is 0 Å². The molecule has 0 radical (unpaired) electrons. The van der Waals surface area contributed by atoms with Gasteiger partial charge in [0.05, 0.1) is 0 Å². The molecule has 0 fully saturated rings. The third-order valence-corrected chi connectivity index (χ3v) is 2.46. The molecule has 1 aromatic rings. The van der Waals surface area contributed by atoms with Crippen molar-refractivity contribution in [2.45, 2.75) is 31.4 Å². The van der Waals surface area contributed by atoms with Crippen LogP contribution in [0, 0.1) is 11.6 Å². The number of benzene rings is 1. The molecule has 0 bridgehead atoms. The Balaban J connectivity index is 2.66. The second-order valence-electron chi connectivity index (χ2n) is 3.42. The fraction of sp³-hybridized carbons (Fsp3) is 0.455. The lowest BCUT2D eigenvalue weighted by molar-refractivity contribution is 0.578. The van der Waals surface area contributed by atoms with Gasteiger partial charge in [-0.05, 0) is 30.5 Å². The molecule has 1 unspecified atom stereocenters. The molecule has 0 aliphatic carbocycles. The summed E-state index contributed by atoms with van der Waals surface area (Å²) in [5.41, 5.74) is 0.677. The average molecular weight is 216 g/mol. The highest BCUT2D eigenvalue weighted by Gasteiger charge is 2.06. The van der Waals surface area contributed by atoms with Crippen molar-refractivity contribution < 1.29 is 8.78 Å². The van der Waals surface area contributed by atoms with E-state index in [1.807, 2.05) is 0 Å². The Kier molecular flexibility index (Phi) is 4.39. The topological polar surface area (TPSA) is 0 Å². The Labute approximate surface area is 88.7 Å². The first-order valence-corrected chi connectivity index (χ1v) is 5.26. The van der Waals surface area contributed by atoms with E-state index in [0.717, 1.165) is 18.9 Å². The minimum Gasteiger partial charge on any atom is -0.207 e. The van der Waals surface area contributed by atoms with Gasteiger partial charge in [-0.2, -0.15) is 12.6 Å². The summed E-state index contributed by atoms with van der Waals surface area (Å²) in [7, 11) is 0. The minimum absolute atomic E-state index is 0.182. The molecule has 1 atom stereocenters. The van der Waals surface area contributed by atoms with Crippen LogP contribution in [0.4, 0.5) is 8.78 Å². The predicted molar refractivity (Wildman–Crippen MR) is 57.7 cm³/mol.